The smallest absolute Gasteiger partial charge is 0.319 e. The SMILES string of the molecule is COc1ncc(C=CC(=O)N2CCOC(COn3nnc4cccnc43)C2)c(OC)n1. The summed E-state index contributed by atoms with van der Waals surface area (Å²) >= 11 is 0. The van der Waals surface area contributed by atoms with E-state index in [0.717, 1.165) is 0 Å². The molecule has 1 amide bonds. The van der Waals surface area contributed by atoms with Gasteiger partial charge in [0, 0.05) is 25.0 Å². The zero-order chi connectivity index (χ0) is 21.6. The quantitative estimate of drug-likeness (QED) is 0.476. The normalized spacial score (nSPS) is 16.6. The maximum atomic E-state index is 12.6. The lowest BCUT2D eigenvalue weighted by atomic mass is 10.2. The molecule has 12 heteroatoms. The Hall–Kier alpha value is -3.80. The minimum Gasteiger partial charge on any atom is -0.480 e. The minimum atomic E-state index is -0.312. The van der Waals surface area contributed by atoms with E-state index in [2.05, 4.69) is 25.3 Å². The Kier molecular flexibility index (Phi) is 6.17. The molecule has 12 nitrogen and oxygen atoms in total. The fourth-order valence-electron chi connectivity index (χ4n) is 3.01. The molecule has 0 spiro atoms. The Morgan fingerprint density at radius 3 is 3.06 bits per heavy atom. The molecule has 1 saturated heterocycles. The van der Waals surface area contributed by atoms with Crippen LogP contribution in [0, 0.1) is 0 Å². The number of fused-ring (bicyclic) bond motifs is 1. The molecule has 3 aromatic rings. The summed E-state index contributed by atoms with van der Waals surface area (Å²) in [6.07, 6.45) is 5.91. The summed E-state index contributed by atoms with van der Waals surface area (Å²) in [7, 11) is 2.95. The largest absolute Gasteiger partial charge is 0.480 e. The first-order valence-corrected chi connectivity index (χ1v) is 9.51. The van der Waals surface area contributed by atoms with Gasteiger partial charge in [0.25, 0.3) is 0 Å². The number of nitrogens with zero attached hydrogens (tertiary/aromatic N) is 7. The lowest BCUT2D eigenvalue weighted by Gasteiger charge is -2.31. The summed E-state index contributed by atoms with van der Waals surface area (Å²) in [6, 6.07) is 3.75. The molecule has 4 rings (SSSR count). The van der Waals surface area contributed by atoms with Crippen LogP contribution in [-0.4, -0.2) is 87.5 Å². The van der Waals surface area contributed by atoms with Crippen LogP contribution in [0.4, 0.5) is 0 Å². The highest BCUT2D eigenvalue weighted by Gasteiger charge is 2.24. The third kappa shape index (κ3) is 4.69. The van der Waals surface area contributed by atoms with Crippen molar-refractivity contribution in [2.75, 3.05) is 40.5 Å². The number of methoxy groups -OCH3 is 2. The molecule has 0 N–H and O–H groups in total. The van der Waals surface area contributed by atoms with Crippen molar-refractivity contribution in [2.45, 2.75) is 6.10 Å². The van der Waals surface area contributed by atoms with E-state index in [4.69, 9.17) is 19.0 Å². The van der Waals surface area contributed by atoms with E-state index in [1.807, 2.05) is 0 Å². The first kappa shape index (κ1) is 20.5. The van der Waals surface area contributed by atoms with Crippen LogP contribution in [0.5, 0.6) is 11.9 Å². The van der Waals surface area contributed by atoms with Gasteiger partial charge in [0.2, 0.25) is 17.4 Å². The summed E-state index contributed by atoms with van der Waals surface area (Å²) in [5.74, 6) is 0.150. The summed E-state index contributed by atoms with van der Waals surface area (Å²) in [6.45, 7) is 1.45. The van der Waals surface area contributed by atoms with Crippen LogP contribution >= 0.6 is 0 Å². The zero-order valence-corrected chi connectivity index (χ0v) is 17.0. The van der Waals surface area contributed by atoms with Crippen molar-refractivity contribution in [3.63, 3.8) is 0 Å². The third-order valence-corrected chi connectivity index (χ3v) is 4.55. The van der Waals surface area contributed by atoms with Crippen LogP contribution in [-0.2, 0) is 9.53 Å². The van der Waals surface area contributed by atoms with Gasteiger partial charge in [-0.15, -0.1) is 5.10 Å². The van der Waals surface area contributed by atoms with Gasteiger partial charge in [0.1, 0.15) is 18.2 Å². The predicted molar refractivity (Wildman–Crippen MR) is 107 cm³/mol. The van der Waals surface area contributed by atoms with Crippen molar-refractivity contribution in [1.29, 1.82) is 0 Å². The molecule has 0 aliphatic carbocycles. The first-order chi connectivity index (χ1) is 15.2. The number of rotatable bonds is 7. The van der Waals surface area contributed by atoms with Gasteiger partial charge in [0.15, 0.2) is 0 Å². The molecule has 0 saturated carbocycles. The van der Waals surface area contributed by atoms with E-state index in [9.17, 15) is 4.79 Å². The summed E-state index contributed by atoms with van der Waals surface area (Å²) in [5.41, 5.74) is 1.71. The minimum absolute atomic E-state index is 0.168. The van der Waals surface area contributed by atoms with Crippen molar-refractivity contribution in [3.05, 3.63) is 36.2 Å². The zero-order valence-electron chi connectivity index (χ0n) is 17.0. The lowest BCUT2D eigenvalue weighted by molar-refractivity contribution is -0.136. The molecule has 1 aliphatic rings. The van der Waals surface area contributed by atoms with Gasteiger partial charge in [-0.2, -0.15) is 4.98 Å². The molecule has 0 aromatic carbocycles. The molecule has 0 bridgehead atoms. The van der Waals surface area contributed by atoms with Crippen LogP contribution in [0.1, 0.15) is 5.56 Å². The lowest BCUT2D eigenvalue weighted by Crippen LogP contribution is -2.47. The number of hydrogen-bond acceptors (Lipinski definition) is 10. The molecule has 1 fully saturated rings. The Morgan fingerprint density at radius 1 is 1.32 bits per heavy atom. The molecule has 0 radical (unpaired) electrons. The van der Waals surface area contributed by atoms with Crippen LogP contribution in [0.2, 0.25) is 0 Å². The van der Waals surface area contributed by atoms with Gasteiger partial charge in [-0.1, -0.05) is 4.85 Å². The van der Waals surface area contributed by atoms with Crippen molar-refractivity contribution in [3.8, 4) is 11.9 Å². The molecule has 31 heavy (non-hydrogen) atoms. The number of carbonyl (C=O) groups is 1. The number of pyridine rings is 1. The van der Waals surface area contributed by atoms with E-state index in [1.165, 1.54) is 31.3 Å². The van der Waals surface area contributed by atoms with Crippen LogP contribution < -0.4 is 14.3 Å². The second-order valence-electron chi connectivity index (χ2n) is 6.54. The fraction of sp³-hybridized carbons (Fsp3) is 0.368. The molecule has 1 unspecified atom stereocenters. The van der Waals surface area contributed by atoms with Crippen molar-refractivity contribution < 1.29 is 23.8 Å². The van der Waals surface area contributed by atoms with Crippen molar-refractivity contribution in [1.82, 2.24) is 35.0 Å². The number of aromatic nitrogens is 6. The van der Waals surface area contributed by atoms with E-state index in [0.29, 0.717) is 42.3 Å². The molecule has 3 aromatic heterocycles. The Morgan fingerprint density at radius 2 is 2.23 bits per heavy atom. The highest BCUT2D eigenvalue weighted by molar-refractivity contribution is 5.92. The maximum absolute atomic E-state index is 12.6. The van der Waals surface area contributed by atoms with Crippen LogP contribution in [0.3, 0.4) is 0 Å². The predicted octanol–water partition coefficient (Wildman–Crippen LogP) is 0.00290. The second-order valence-corrected chi connectivity index (χ2v) is 6.54. The number of carbonyl (C=O) groups excluding carboxylic acids is 1. The van der Waals surface area contributed by atoms with Gasteiger partial charge in [-0.25, -0.2) is 9.97 Å². The summed E-state index contributed by atoms with van der Waals surface area (Å²) in [5, 5.41) is 7.91. The standard InChI is InChI=1S/C19H21N7O5/c1-28-18-13(10-21-19(22-18)29-2)5-6-16(27)25-8-9-30-14(11-25)12-31-26-17-15(23-24-26)4-3-7-20-17/h3-7,10,14H,8-9,11-12H2,1-2H3. The third-order valence-electron chi connectivity index (χ3n) is 4.55. The second kappa shape index (κ2) is 9.34. The number of ether oxygens (including phenoxy) is 3. The average Bonchev–Trinajstić information content (AvgIpc) is 3.24. The maximum Gasteiger partial charge on any atom is 0.319 e. The summed E-state index contributed by atoms with van der Waals surface area (Å²) in [4.78, 5) is 33.6. The van der Waals surface area contributed by atoms with E-state index >= 15 is 0 Å². The molecule has 1 atom stereocenters. The summed E-state index contributed by atoms with van der Waals surface area (Å²) < 4.78 is 15.9. The molecule has 4 heterocycles. The van der Waals surface area contributed by atoms with E-state index in [1.54, 1.807) is 29.3 Å². The van der Waals surface area contributed by atoms with Gasteiger partial charge in [-0.3, -0.25) is 4.79 Å². The Labute approximate surface area is 177 Å². The molecule has 1 aliphatic heterocycles. The van der Waals surface area contributed by atoms with Gasteiger partial charge in [0.05, 0.1) is 32.9 Å². The highest BCUT2D eigenvalue weighted by Crippen LogP contribution is 2.19. The number of amides is 1. The Balaban J connectivity index is 1.36. The van der Waals surface area contributed by atoms with Crippen molar-refractivity contribution >= 4 is 23.1 Å². The average molecular weight is 427 g/mol. The van der Waals surface area contributed by atoms with Gasteiger partial charge < -0.3 is 23.9 Å². The van der Waals surface area contributed by atoms with E-state index < -0.39 is 0 Å². The van der Waals surface area contributed by atoms with Crippen LogP contribution in [0.15, 0.2) is 30.6 Å². The monoisotopic (exact) mass is 427 g/mol. The number of hydrogen-bond donors (Lipinski definition) is 0. The number of morpholine rings is 1. The molecular formula is C19H21N7O5. The van der Waals surface area contributed by atoms with Crippen molar-refractivity contribution in [2.24, 2.45) is 0 Å². The highest BCUT2D eigenvalue weighted by atomic mass is 16.7. The first-order valence-electron chi connectivity index (χ1n) is 9.51. The fourth-order valence-corrected chi connectivity index (χ4v) is 3.01. The topological polar surface area (TPSA) is 127 Å². The molecule has 162 valence electrons. The van der Waals surface area contributed by atoms with E-state index in [-0.39, 0.29) is 24.6 Å². The molecular weight excluding hydrogens is 406 g/mol. The van der Waals surface area contributed by atoms with Gasteiger partial charge in [-0.05, 0) is 23.4 Å². The van der Waals surface area contributed by atoms with Crippen LogP contribution in [0.25, 0.3) is 17.2 Å². The Bertz CT molecular complexity index is 1090. The van der Waals surface area contributed by atoms with Gasteiger partial charge >= 0.3 is 6.01 Å².